The van der Waals surface area contributed by atoms with E-state index >= 15 is 0 Å². The Balaban J connectivity index is 2.00. The van der Waals surface area contributed by atoms with Gasteiger partial charge < -0.3 is 4.74 Å². The van der Waals surface area contributed by atoms with Crippen LogP contribution in [0.5, 0.6) is 0 Å². The third kappa shape index (κ3) is 4.67. The number of carbonyl (C=O) groups is 1. The lowest BCUT2D eigenvalue weighted by Crippen LogP contribution is -2.13. The summed E-state index contributed by atoms with van der Waals surface area (Å²) in [6, 6.07) is 0. The van der Waals surface area contributed by atoms with Gasteiger partial charge in [0.05, 0.1) is 19.3 Å². The second kappa shape index (κ2) is 8.08. The van der Waals surface area contributed by atoms with Crippen LogP contribution in [0, 0.1) is 11.8 Å². The molecule has 0 fully saturated rings. The fourth-order valence-corrected chi connectivity index (χ4v) is 2.51. The molecule has 1 aliphatic carbocycles. The molecule has 1 heterocycles. The van der Waals surface area contributed by atoms with Gasteiger partial charge >= 0.3 is 0 Å². The molecule has 0 spiro atoms. The van der Waals surface area contributed by atoms with Crippen molar-refractivity contribution >= 4 is 11.4 Å². The van der Waals surface area contributed by atoms with Crippen molar-refractivity contribution in [1.29, 1.82) is 0 Å². The number of ketones is 1. The van der Waals surface area contributed by atoms with Gasteiger partial charge in [-0.1, -0.05) is 32.1 Å². The van der Waals surface area contributed by atoms with Gasteiger partial charge in [0.2, 0.25) is 0 Å². The fraction of sp³-hybridized carbons (Fsp3) is 0.556. The maximum Gasteiger partial charge on any atom is 0.136 e. The van der Waals surface area contributed by atoms with Gasteiger partial charge in [0.25, 0.3) is 0 Å². The lowest BCUT2D eigenvalue weighted by atomic mass is 9.88. The maximum atomic E-state index is 11.9. The molecule has 0 aliphatic heterocycles. The van der Waals surface area contributed by atoms with Crippen molar-refractivity contribution in [3.8, 4) is 0 Å². The summed E-state index contributed by atoms with van der Waals surface area (Å²) in [6.45, 7) is 8.10. The first kappa shape index (κ1) is 16.7. The number of Topliss-reactive ketones (excluding diaryl/α,β-unsaturated/α-hetero) is 1. The normalized spacial score (nSPS) is 17.8. The average Bonchev–Trinajstić information content (AvgIpc) is 2.96. The fourth-order valence-electron chi connectivity index (χ4n) is 2.51. The number of allylic oxidation sites excluding steroid dienone is 4. The molecule has 0 bridgehead atoms. The van der Waals surface area contributed by atoms with Gasteiger partial charge in [-0.05, 0) is 24.8 Å². The summed E-state index contributed by atoms with van der Waals surface area (Å²) < 4.78 is 7.25. The highest BCUT2D eigenvalue weighted by Crippen LogP contribution is 2.27. The van der Waals surface area contributed by atoms with E-state index in [9.17, 15) is 4.79 Å². The molecule has 0 aromatic carbocycles. The number of aromatic nitrogens is 2. The minimum Gasteiger partial charge on any atom is -0.380 e. The summed E-state index contributed by atoms with van der Waals surface area (Å²) in [7, 11) is 0. The number of carbonyl (C=O) groups excluding carboxylic acids is 1. The van der Waals surface area contributed by atoms with Crippen LogP contribution in [0.25, 0.3) is 5.57 Å². The van der Waals surface area contributed by atoms with Gasteiger partial charge in [-0.25, -0.2) is 0 Å². The Morgan fingerprint density at radius 1 is 1.50 bits per heavy atom. The monoisotopic (exact) mass is 302 g/mol. The standard InChI is InChI=1S/C18H26N2O2/c1-4-22-9-8-20-13-17(12-19-20)16-7-5-6-15(10-16)11-18(21)14(2)3/h5,7,10,12-15H,4,6,8-9,11H2,1-3H3. The zero-order valence-electron chi connectivity index (χ0n) is 13.8. The van der Waals surface area contributed by atoms with E-state index in [0.717, 1.165) is 30.7 Å². The number of rotatable bonds is 8. The van der Waals surface area contributed by atoms with Crippen molar-refractivity contribution in [1.82, 2.24) is 9.78 Å². The molecule has 2 rings (SSSR count). The van der Waals surface area contributed by atoms with E-state index in [1.165, 1.54) is 0 Å². The largest absolute Gasteiger partial charge is 0.380 e. The van der Waals surface area contributed by atoms with Crippen molar-refractivity contribution in [3.05, 3.63) is 36.2 Å². The first-order valence-corrected chi connectivity index (χ1v) is 8.11. The number of hydrogen-bond acceptors (Lipinski definition) is 3. The molecule has 1 atom stereocenters. The van der Waals surface area contributed by atoms with Crippen LogP contribution < -0.4 is 0 Å². The Morgan fingerprint density at radius 2 is 2.32 bits per heavy atom. The molecule has 0 saturated heterocycles. The zero-order valence-corrected chi connectivity index (χ0v) is 13.8. The summed E-state index contributed by atoms with van der Waals surface area (Å²) in [5, 5.41) is 4.37. The highest BCUT2D eigenvalue weighted by molar-refractivity contribution is 5.82. The number of ether oxygens (including phenoxy) is 1. The molecular formula is C18H26N2O2. The molecule has 4 nitrogen and oxygen atoms in total. The summed E-state index contributed by atoms with van der Waals surface area (Å²) in [6.07, 6.45) is 12.0. The second-order valence-corrected chi connectivity index (χ2v) is 6.03. The molecule has 0 saturated carbocycles. The molecule has 22 heavy (non-hydrogen) atoms. The van der Waals surface area contributed by atoms with Gasteiger partial charge in [0.1, 0.15) is 5.78 Å². The number of hydrogen-bond donors (Lipinski definition) is 0. The van der Waals surface area contributed by atoms with Crippen LogP contribution in [-0.2, 0) is 16.1 Å². The van der Waals surface area contributed by atoms with Gasteiger partial charge in [-0.15, -0.1) is 0 Å². The van der Waals surface area contributed by atoms with E-state index in [1.807, 2.05) is 37.8 Å². The Hall–Kier alpha value is -1.68. The molecule has 1 aliphatic rings. The van der Waals surface area contributed by atoms with Crippen LogP contribution in [0.1, 0.15) is 39.2 Å². The van der Waals surface area contributed by atoms with Crippen LogP contribution in [0.4, 0.5) is 0 Å². The lowest BCUT2D eigenvalue weighted by Gasteiger charge is -2.16. The molecule has 120 valence electrons. The first-order chi connectivity index (χ1) is 10.6. The molecule has 1 aromatic rings. The van der Waals surface area contributed by atoms with Gasteiger partial charge in [-0.2, -0.15) is 5.10 Å². The van der Waals surface area contributed by atoms with E-state index in [4.69, 9.17) is 4.74 Å². The Kier molecular flexibility index (Phi) is 6.13. The van der Waals surface area contributed by atoms with Crippen molar-refractivity contribution in [3.63, 3.8) is 0 Å². The smallest absolute Gasteiger partial charge is 0.136 e. The van der Waals surface area contributed by atoms with Crippen molar-refractivity contribution in [2.45, 2.75) is 40.2 Å². The molecule has 0 radical (unpaired) electrons. The van der Waals surface area contributed by atoms with Crippen molar-refractivity contribution < 1.29 is 9.53 Å². The van der Waals surface area contributed by atoms with Crippen LogP contribution >= 0.6 is 0 Å². The first-order valence-electron chi connectivity index (χ1n) is 8.11. The minimum absolute atomic E-state index is 0.115. The SMILES string of the molecule is CCOCCn1cc(C2=CC(CC(=O)C(C)C)CC=C2)cn1. The molecule has 1 unspecified atom stereocenters. The maximum absolute atomic E-state index is 11.9. The predicted octanol–water partition coefficient (Wildman–Crippen LogP) is 3.49. The quantitative estimate of drug-likeness (QED) is 0.690. The Morgan fingerprint density at radius 3 is 3.05 bits per heavy atom. The average molecular weight is 302 g/mol. The summed E-state index contributed by atoms with van der Waals surface area (Å²) >= 11 is 0. The van der Waals surface area contributed by atoms with E-state index in [2.05, 4.69) is 23.3 Å². The molecule has 0 N–H and O–H groups in total. The van der Waals surface area contributed by atoms with Crippen LogP contribution in [0.15, 0.2) is 30.6 Å². The summed E-state index contributed by atoms with van der Waals surface area (Å²) in [4.78, 5) is 11.9. The zero-order chi connectivity index (χ0) is 15.9. The van der Waals surface area contributed by atoms with E-state index in [-0.39, 0.29) is 5.92 Å². The third-order valence-electron chi connectivity index (χ3n) is 3.89. The molecule has 0 amide bonds. The van der Waals surface area contributed by atoms with Crippen molar-refractivity contribution in [2.75, 3.05) is 13.2 Å². The third-order valence-corrected chi connectivity index (χ3v) is 3.89. The second-order valence-electron chi connectivity index (χ2n) is 6.03. The summed E-state index contributed by atoms with van der Waals surface area (Å²) in [5.74, 6) is 0.758. The van der Waals surface area contributed by atoms with E-state index < -0.39 is 0 Å². The topological polar surface area (TPSA) is 44.1 Å². The highest BCUT2D eigenvalue weighted by atomic mass is 16.5. The Labute approximate surface area is 132 Å². The van der Waals surface area contributed by atoms with Gasteiger partial charge in [0, 0.05) is 30.7 Å². The molecule has 1 aromatic heterocycles. The van der Waals surface area contributed by atoms with Gasteiger partial charge in [-0.3, -0.25) is 9.48 Å². The van der Waals surface area contributed by atoms with Gasteiger partial charge in [0.15, 0.2) is 0 Å². The van der Waals surface area contributed by atoms with E-state index in [0.29, 0.717) is 24.7 Å². The molecule has 4 heteroatoms. The number of nitrogens with zero attached hydrogens (tertiary/aromatic N) is 2. The molecular weight excluding hydrogens is 276 g/mol. The van der Waals surface area contributed by atoms with Crippen molar-refractivity contribution in [2.24, 2.45) is 11.8 Å². The van der Waals surface area contributed by atoms with Crippen LogP contribution in [0.2, 0.25) is 0 Å². The summed E-state index contributed by atoms with van der Waals surface area (Å²) in [5.41, 5.74) is 2.27. The van der Waals surface area contributed by atoms with E-state index in [1.54, 1.807) is 0 Å². The lowest BCUT2D eigenvalue weighted by molar-refractivity contribution is -0.122. The predicted molar refractivity (Wildman–Crippen MR) is 88.4 cm³/mol. The van der Waals surface area contributed by atoms with Crippen LogP contribution in [-0.4, -0.2) is 28.8 Å². The van der Waals surface area contributed by atoms with Crippen LogP contribution in [0.3, 0.4) is 0 Å². The highest BCUT2D eigenvalue weighted by Gasteiger charge is 2.17. The minimum atomic E-state index is 0.115. The Bertz CT molecular complexity index is 555.